The first-order valence-electron chi connectivity index (χ1n) is 12.4. The maximum atomic E-state index is 13.4. The topological polar surface area (TPSA) is 174 Å². The van der Waals surface area contributed by atoms with Crippen molar-refractivity contribution in [2.24, 2.45) is 0 Å². The number of carbonyl (C=O) groups is 4. The average Bonchev–Trinajstić information content (AvgIpc) is 3.01. The van der Waals surface area contributed by atoms with E-state index in [0.29, 0.717) is 16.7 Å². The van der Waals surface area contributed by atoms with Crippen molar-refractivity contribution in [1.29, 1.82) is 0 Å². The van der Waals surface area contributed by atoms with E-state index in [9.17, 15) is 34.4 Å². The van der Waals surface area contributed by atoms with Gasteiger partial charge in [0.25, 0.3) is 17.5 Å². The SMILES string of the molecule is COC(=O)C[C@H](c1ccc([N+](=O)[O-])cc1)[C@@H](NC(=O)[C@H](O)[C@@H](NC(=O)c1ccccc1)c1ccccc1)C(=O)OC. The molecular weight excluding hydrogens is 534 g/mol. The Morgan fingerprint density at radius 1 is 0.829 bits per heavy atom. The van der Waals surface area contributed by atoms with Crippen LogP contribution in [0.4, 0.5) is 5.69 Å². The number of nitro benzene ring substituents is 1. The van der Waals surface area contributed by atoms with Gasteiger partial charge >= 0.3 is 11.9 Å². The molecule has 0 aromatic heterocycles. The molecule has 3 rings (SSSR count). The predicted octanol–water partition coefficient (Wildman–Crippen LogP) is 2.43. The number of nitrogens with zero attached hydrogens (tertiary/aromatic N) is 1. The number of methoxy groups -OCH3 is 2. The fraction of sp³-hybridized carbons (Fsp3) is 0.241. The van der Waals surface area contributed by atoms with Crippen molar-refractivity contribution in [3.8, 4) is 0 Å². The smallest absolute Gasteiger partial charge is 0.329 e. The Balaban J connectivity index is 1.94. The van der Waals surface area contributed by atoms with Crippen LogP contribution in [0.3, 0.4) is 0 Å². The van der Waals surface area contributed by atoms with Crippen molar-refractivity contribution >= 4 is 29.4 Å². The molecule has 0 fully saturated rings. The Kier molecular flexibility index (Phi) is 10.6. The molecule has 4 atom stereocenters. The number of benzene rings is 3. The Bertz CT molecular complexity index is 1370. The second-order valence-electron chi connectivity index (χ2n) is 8.92. The lowest BCUT2D eigenvalue weighted by Gasteiger charge is -2.29. The second kappa shape index (κ2) is 14.3. The average molecular weight is 564 g/mol. The van der Waals surface area contributed by atoms with Gasteiger partial charge in [-0.2, -0.15) is 0 Å². The molecule has 3 aromatic carbocycles. The van der Waals surface area contributed by atoms with Crippen molar-refractivity contribution < 1.29 is 38.7 Å². The molecule has 214 valence electrons. The summed E-state index contributed by atoms with van der Waals surface area (Å²) < 4.78 is 9.63. The minimum absolute atomic E-state index is 0.223. The molecular formula is C29H29N3O9. The first-order chi connectivity index (χ1) is 19.7. The van der Waals surface area contributed by atoms with E-state index in [1.807, 2.05) is 0 Å². The predicted molar refractivity (Wildman–Crippen MR) is 146 cm³/mol. The number of amides is 2. The summed E-state index contributed by atoms with van der Waals surface area (Å²) in [5, 5.41) is 27.4. The summed E-state index contributed by atoms with van der Waals surface area (Å²) in [6.45, 7) is 0. The molecule has 3 aromatic rings. The highest BCUT2D eigenvalue weighted by Gasteiger charge is 2.38. The summed E-state index contributed by atoms with van der Waals surface area (Å²) in [5.41, 5.74) is 0.781. The number of nitro groups is 1. The van der Waals surface area contributed by atoms with E-state index >= 15 is 0 Å². The number of rotatable bonds is 12. The number of carbonyl (C=O) groups excluding carboxylic acids is 4. The van der Waals surface area contributed by atoms with Gasteiger partial charge in [0.15, 0.2) is 6.10 Å². The highest BCUT2D eigenvalue weighted by atomic mass is 16.6. The van der Waals surface area contributed by atoms with Gasteiger partial charge < -0.3 is 25.2 Å². The lowest BCUT2D eigenvalue weighted by atomic mass is 9.87. The van der Waals surface area contributed by atoms with Crippen LogP contribution >= 0.6 is 0 Å². The molecule has 0 heterocycles. The summed E-state index contributed by atoms with van der Waals surface area (Å²) in [7, 11) is 2.22. The molecule has 0 bridgehead atoms. The number of hydrogen-bond donors (Lipinski definition) is 3. The van der Waals surface area contributed by atoms with Crippen LogP contribution in [0, 0.1) is 10.1 Å². The molecule has 0 saturated carbocycles. The van der Waals surface area contributed by atoms with Crippen LogP contribution in [0.5, 0.6) is 0 Å². The zero-order valence-electron chi connectivity index (χ0n) is 22.3. The molecule has 3 N–H and O–H groups in total. The van der Waals surface area contributed by atoms with Gasteiger partial charge in [-0.25, -0.2) is 4.79 Å². The first-order valence-corrected chi connectivity index (χ1v) is 12.4. The summed E-state index contributed by atoms with van der Waals surface area (Å²) in [6, 6.07) is 18.8. The maximum absolute atomic E-state index is 13.4. The molecule has 41 heavy (non-hydrogen) atoms. The highest BCUT2D eigenvalue weighted by Crippen LogP contribution is 2.28. The maximum Gasteiger partial charge on any atom is 0.329 e. The third-order valence-corrected chi connectivity index (χ3v) is 6.37. The van der Waals surface area contributed by atoms with Gasteiger partial charge in [0, 0.05) is 23.6 Å². The fourth-order valence-electron chi connectivity index (χ4n) is 4.19. The van der Waals surface area contributed by atoms with Gasteiger partial charge in [-0.15, -0.1) is 0 Å². The fourth-order valence-corrected chi connectivity index (χ4v) is 4.19. The molecule has 0 saturated heterocycles. The number of hydrogen-bond acceptors (Lipinski definition) is 9. The van der Waals surface area contributed by atoms with Crippen LogP contribution in [0.15, 0.2) is 84.9 Å². The van der Waals surface area contributed by atoms with Gasteiger partial charge in [-0.05, 0) is 23.3 Å². The highest BCUT2D eigenvalue weighted by molar-refractivity contribution is 5.95. The lowest BCUT2D eigenvalue weighted by molar-refractivity contribution is -0.384. The van der Waals surface area contributed by atoms with E-state index in [1.165, 1.54) is 24.3 Å². The van der Waals surface area contributed by atoms with Gasteiger partial charge in [0.1, 0.15) is 6.04 Å². The Labute approximate surface area is 235 Å². The third-order valence-electron chi connectivity index (χ3n) is 6.37. The molecule has 0 spiro atoms. The van der Waals surface area contributed by atoms with Crippen molar-refractivity contribution in [3.05, 3.63) is 112 Å². The summed E-state index contributed by atoms with van der Waals surface area (Å²) >= 11 is 0. The van der Waals surface area contributed by atoms with Gasteiger partial charge in [0.2, 0.25) is 0 Å². The molecule has 2 amide bonds. The molecule has 0 aliphatic heterocycles. The van der Waals surface area contributed by atoms with Crippen molar-refractivity contribution in [3.63, 3.8) is 0 Å². The molecule has 0 unspecified atom stereocenters. The number of non-ortho nitro benzene ring substituents is 1. The summed E-state index contributed by atoms with van der Waals surface area (Å²) in [5.74, 6) is -4.35. The Morgan fingerprint density at radius 2 is 1.41 bits per heavy atom. The monoisotopic (exact) mass is 563 g/mol. The lowest BCUT2D eigenvalue weighted by Crippen LogP contribution is -2.52. The van der Waals surface area contributed by atoms with Crippen molar-refractivity contribution in [2.75, 3.05) is 14.2 Å². The van der Waals surface area contributed by atoms with Gasteiger partial charge in [-0.3, -0.25) is 24.5 Å². The van der Waals surface area contributed by atoms with Crippen LogP contribution in [0.1, 0.15) is 39.9 Å². The van der Waals surface area contributed by atoms with Gasteiger partial charge in [0.05, 0.1) is 31.6 Å². The van der Waals surface area contributed by atoms with Crippen LogP contribution in [-0.4, -0.2) is 60.1 Å². The molecule has 12 heteroatoms. The number of ether oxygens (including phenoxy) is 2. The molecule has 0 radical (unpaired) electrons. The van der Waals surface area contributed by atoms with E-state index in [2.05, 4.69) is 10.6 Å². The summed E-state index contributed by atoms with van der Waals surface area (Å²) in [4.78, 5) is 62.0. The van der Waals surface area contributed by atoms with Crippen LogP contribution < -0.4 is 10.6 Å². The number of esters is 2. The number of nitrogens with one attached hydrogen (secondary N) is 2. The Hall–Kier alpha value is -5.10. The zero-order chi connectivity index (χ0) is 29.9. The standard InChI is InChI=1S/C29H29N3O9/c1-40-23(33)17-22(18-13-15-21(16-14-18)32(38)39)25(29(37)41-2)31-28(36)26(34)24(19-9-5-3-6-10-19)30-27(35)20-11-7-4-8-12-20/h3-16,22,24-26,34H,17H2,1-2H3,(H,30,35)(H,31,36)/t22-,24+,25-,26-/m1/s1. The van der Waals surface area contributed by atoms with E-state index in [0.717, 1.165) is 14.2 Å². The largest absolute Gasteiger partial charge is 0.469 e. The van der Waals surface area contributed by atoms with Gasteiger partial charge in [-0.1, -0.05) is 60.7 Å². The van der Waals surface area contributed by atoms with E-state index in [4.69, 9.17) is 9.47 Å². The van der Waals surface area contributed by atoms with E-state index < -0.39 is 59.2 Å². The summed E-state index contributed by atoms with van der Waals surface area (Å²) in [6.07, 6.45) is -2.29. The minimum atomic E-state index is -1.88. The van der Waals surface area contributed by atoms with Crippen molar-refractivity contribution in [2.45, 2.75) is 30.5 Å². The quantitative estimate of drug-likeness (QED) is 0.170. The van der Waals surface area contributed by atoms with Crippen LogP contribution in [0.2, 0.25) is 0 Å². The van der Waals surface area contributed by atoms with E-state index in [-0.39, 0.29) is 5.69 Å². The number of aliphatic hydroxyl groups is 1. The normalized spacial score (nSPS) is 13.5. The molecule has 0 aliphatic carbocycles. The van der Waals surface area contributed by atoms with E-state index in [1.54, 1.807) is 60.7 Å². The third kappa shape index (κ3) is 7.96. The van der Waals surface area contributed by atoms with Crippen molar-refractivity contribution in [1.82, 2.24) is 10.6 Å². The Morgan fingerprint density at radius 3 is 1.95 bits per heavy atom. The zero-order valence-corrected chi connectivity index (χ0v) is 22.3. The second-order valence-corrected chi connectivity index (χ2v) is 8.92. The molecule has 12 nitrogen and oxygen atoms in total. The minimum Gasteiger partial charge on any atom is -0.469 e. The van der Waals surface area contributed by atoms with Crippen LogP contribution in [-0.2, 0) is 23.9 Å². The first kappa shape index (κ1) is 30.4. The number of aliphatic hydroxyl groups excluding tert-OH is 1. The molecule has 0 aliphatic rings. The van der Waals surface area contributed by atoms with Crippen LogP contribution in [0.25, 0.3) is 0 Å².